The highest BCUT2D eigenvalue weighted by molar-refractivity contribution is 5.47. The zero-order valence-electron chi connectivity index (χ0n) is 5.53. The van der Waals surface area contributed by atoms with E-state index in [2.05, 4.69) is 15.5 Å². The van der Waals surface area contributed by atoms with E-state index in [9.17, 15) is 4.79 Å². The fraction of sp³-hybridized carbons (Fsp3) is 0.500. The molecule has 0 fully saturated rings. The Hall–Kier alpha value is -1.19. The van der Waals surface area contributed by atoms with Crippen LogP contribution in [-0.4, -0.2) is 16.7 Å². The number of rotatable bonds is 0. The molecule has 10 heavy (non-hydrogen) atoms. The highest BCUT2D eigenvalue weighted by Crippen LogP contribution is 2.12. The summed E-state index contributed by atoms with van der Waals surface area (Å²) >= 11 is 0. The minimum absolute atomic E-state index is 0.0327. The van der Waals surface area contributed by atoms with Crippen molar-refractivity contribution < 1.29 is 0 Å². The molecule has 0 aliphatic carbocycles. The van der Waals surface area contributed by atoms with Gasteiger partial charge in [0.1, 0.15) is 5.69 Å². The number of fused-ring (bicyclic) bond motifs is 1. The number of anilines is 1. The van der Waals surface area contributed by atoms with Gasteiger partial charge in [0.15, 0.2) is 0 Å². The Bertz CT molecular complexity index is 285. The minimum atomic E-state index is -0.0327. The SMILES string of the molecule is O=c1[nH][nH]c2c1NCCC2. The number of aryl methyl sites for hydroxylation is 1. The molecule has 0 spiro atoms. The summed E-state index contributed by atoms with van der Waals surface area (Å²) in [7, 11) is 0. The Labute approximate surface area is 57.6 Å². The number of hydrogen-bond donors (Lipinski definition) is 3. The van der Waals surface area contributed by atoms with Crippen molar-refractivity contribution in [1.29, 1.82) is 0 Å². The van der Waals surface area contributed by atoms with Gasteiger partial charge in [-0.05, 0) is 12.8 Å². The van der Waals surface area contributed by atoms with Crippen molar-refractivity contribution in [2.24, 2.45) is 0 Å². The summed E-state index contributed by atoms with van der Waals surface area (Å²) in [6, 6.07) is 0. The summed E-state index contributed by atoms with van der Waals surface area (Å²) in [6.07, 6.45) is 2.07. The maximum atomic E-state index is 10.9. The average molecular weight is 139 g/mol. The number of H-pyrrole nitrogens is 2. The van der Waals surface area contributed by atoms with Crippen LogP contribution in [0.15, 0.2) is 4.79 Å². The molecular formula is C6H9N3O. The number of hydrogen-bond acceptors (Lipinski definition) is 2. The summed E-state index contributed by atoms with van der Waals surface area (Å²) in [4.78, 5) is 10.9. The lowest BCUT2D eigenvalue weighted by Crippen LogP contribution is -2.16. The Morgan fingerprint density at radius 2 is 2.20 bits per heavy atom. The molecule has 1 aromatic heterocycles. The van der Waals surface area contributed by atoms with Gasteiger partial charge in [0.25, 0.3) is 5.56 Å². The number of aromatic amines is 2. The van der Waals surface area contributed by atoms with Gasteiger partial charge < -0.3 is 10.4 Å². The standard InChI is InChI=1S/C6H9N3O/c10-6-5-4(8-9-6)2-1-3-7-5/h7H,1-3H2,(H2,8,9,10). The Morgan fingerprint density at radius 1 is 1.30 bits per heavy atom. The predicted octanol–water partition coefficient (Wildman–Crippen LogP) is 0.0611. The summed E-state index contributed by atoms with van der Waals surface area (Å²) in [6.45, 7) is 0.911. The first-order valence-electron chi connectivity index (χ1n) is 3.41. The van der Waals surface area contributed by atoms with E-state index in [1.165, 1.54) is 0 Å². The normalized spacial score (nSPS) is 16.0. The van der Waals surface area contributed by atoms with E-state index < -0.39 is 0 Å². The van der Waals surface area contributed by atoms with Crippen LogP contribution in [0.3, 0.4) is 0 Å². The molecule has 1 aliphatic heterocycles. The topological polar surface area (TPSA) is 60.7 Å². The van der Waals surface area contributed by atoms with Gasteiger partial charge in [-0.25, -0.2) is 0 Å². The Kier molecular flexibility index (Phi) is 1.06. The van der Waals surface area contributed by atoms with Crippen molar-refractivity contribution in [1.82, 2.24) is 10.2 Å². The lowest BCUT2D eigenvalue weighted by molar-refractivity contribution is 0.801. The fourth-order valence-electron chi connectivity index (χ4n) is 1.25. The van der Waals surface area contributed by atoms with E-state index in [1.807, 2.05) is 0 Å². The Morgan fingerprint density at radius 3 is 3.00 bits per heavy atom. The average Bonchev–Trinajstić information content (AvgIpc) is 2.34. The van der Waals surface area contributed by atoms with Gasteiger partial charge in [-0.2, -0.15) is 0 Å². The summed E-state index contributed by atoms with van der Waals surface area (Å²) in [5.41, 5.74) is 1.71. The summed E-state index contributed by atoms with van der Waals surface area (Å²) in [5.74, 6) is 0. The van der Waals surface area contributed by atoms with Crippen LogP contribution < -0.4 is 10.9 Å². The van der Waals surface area contributed by atoms with Crippen LogP contribution in [0.2, 0.25) is 0 Å². The summed E-state index contributed by atoms with van der Waals surface area (Å²) in [5, 5.41) is 8.40. The second-order valence-corrected chi connectivity index (χ2v) is 2.46. The second-order valence-electron chi connectivity index (χ2n) is 2.46. The Balaban J connectivity index is 2.55. The van der Waals surface area contributed by atoms with E-state index in [0.717, 1.165) is 30.8 Å². The van der Waals surface area contributed by atoms with Crippen molar-refractivity contribution in [2.75, 3.05) is 11.9 Å². The van der Waals surface area contributed by atoms with Crippen molar-refractivity contribution in [3.05, 3.63) is 16.0 Å². The lowest BCUT2D eigenvalue weighted by atomic mass is 10.1. The van der Waals surface area contributed by atoms with Crippen LogP contribution in [0.4, 0.5) is 5.69 Å². The maximum absolute atomic E-state index is 10.9. The third kappa shape index (κ3) is 0.650. The quantitative estimate of drug-likeness (QED) is 0.476. The highest BCUT2D eigenvalue weighted by Gasteiger charge is 2.12. The molecule has 0 saturated heterocycles. The first-order valence-corrected chi connectivity index (χ1v) is 3.41. The molecular weight excluding hydrogens is 130 g/mol. The molecule has 0 amide bonds. The van der Waals surface area contributed by atoms with Crippen LogP contribution in [0.25, 0.3) is 0 Å². The monoisotopic (exact) mass is 139 g/mol. The van der Waals surface area contributed by atoms with Gasteiger partial charge in [0.2, 0.25) is 0 Å². The molecule has 1 aromatic rings. The highest BCUT2D eigenvalue weighted by atomic mass is 16.1. The van der Waals surface area contributed by atoms with Gasteiger partial charge in [0, 0.05) is 6.54 Å². The number of nitrogens with one attached hydrogen (secondary N) is 3. The smallest absolute Gasteiger partial charge is 0.287 e. The van der Waals surface area contributed by atoms with E-state index in [-0.39, 0.29) is 5.56 Å². The van der Waals surface area contributed by atoms with Crippen molar-refractivity contribution in [2.45, 2.75) is 12.8 Å². The van der Waals surface area contributed by atoms with Gasteiger partial charge in [0.05, 0.1) is 5.69 Å². The molecule has 4 heteroatoms. The van der Waals surface area contributed by atoms with Crippen LogP contribution in [0, 0.1) is 0 Å². The molecule has 0 radical (unpaired) electrons. The van der Waals surface area contributed by atoms with Crippen LogP contribution in [0.1, 0.15) is 12.1 Å². The van der Waals surface area contributed by atoms with Crippen LogP contribution in [-0.2, 0) is 6.42 Å². The molecule has 0 aromatic carbocycles. The molecule has 0 saturated carbocycles. The predicted molar refractivity (Wildman–Crippen MR) is 38.2 cm³/mol. The van der Waals surface area contributed by atoms with E-state index in [0.29, 0.717) is 0 Å². The van der Waals surface area contributed by atoms with Crippen LogP contribution >= 0.6 is 0 Å². The molecule has 3 N–H and O–H groups in total. The first-order chi connectivity index (χ1) is 4.88. The van der Waals surface area contributed by atoms with Crippen molar-refractivity contribution in [3.63, 3.8) is 0 Å². The van der Waals surface area contributed by atoms with Gasteiger partial charge >= 0.3 is 0 Å². The third-order valence-electron chi connectivity index (χ3n) is 1.76. The zero-order chi connectivity index (χ0) is 6.97. The van der Waals surface area contributed by atoms with Crippen LogP contribution in [0.5, 0.6) is 0 Å². The molecule has 2 heterocycles. The molecule has 54 valence electrons. The lowest BCUT2D eigenvalue weighted by Gasteiger charge is -2.10. The molecule has 0 atom stereocenters. The van der Waals surface area contributed by atoms with Crippen molar-refractivity contribution >= 4 is 5.69 Å². The first kappa shape index (κ1) is 5.58. The molecule has 1 aliphatic rings. The molecule has 4 nitrogen and oxygen atoms in total. The zero-order valence-corrected chi connectivity index (χ0v) is 5.53. The van der Waals surface area contributed by atoms with Gasteiger partial charge in [-0.15, -0.1) is 0 Å². The van der Waals surface area contributed by atoms with Gasteiger partial charge in [-0.1, -0.05) is 0 Å². The molecule has 0 bridgehead atoms. The maximum Gasteiger partial charge on any atom is 0.287 e. The van der Waals surface area contributed by atoms with E-state index in [4.69, 9.17) is 0 Å². The molecule has 0 unspecified atom stereocenters. The van der Waals surface area contributed by atoms with Gasteiger partial charge in [-0.3, -0.25) is 9.89 Å². The molecule has 2 rings (SSSR count). The summed E-state index contributed by atoms with van der Waals surface area (Å²) < 4.78 is 0. The second kappa shape index (κ2) is 1.90. The largest absolute Gasteiger partial charge is 0.379 e. The fourth-order valence-corrected chi connectivity index (χ4v) is 1.25. The van der Waals surface area contributed by atoms with Crippen molar-refractivity contribution in [3.8, 4) is 0 Å². The van der Waals surface area contributed by atoms with E-state index in [1.54, 1.807) is 0 Å². The van der Waals surface area contributed by atoms with E-state index >= 15 is 0 Å². The minimum Gasteiger partial charge on any atom is -0.379 e. The third-order valence-corrected chi connectivity index (χ3v) is 1.76. The number of aromatic nitrogens is 2.